The molecule has 0 amide bonds. The molecule has 80 valence electrons. The quantitative estimate of drug-likeness (QED) is 0.700. The Balaban J connectivity index is 2.26. The van der Waals surface area contributed by atoms with E-state index in [9.17, 15) is 4.79 Å². The molecule has 4 heteroatoms. The Kier molecular flexibility index (Phi) is 2.58. The van der Waals surface area contributed by atoms with Gasteiger partial charge in [-0.15, -0.1) is 0 Å². The average Bonchev–Trinajstić information content (AvgIpc) is 3.01. The molecule has 1 heterocycles. The molecule has 1 aliphatic carbocycles. The minimum atomic E-state index is 0.351. The fourth-order valence-corrected chi connectivity index (χ4v) is 1.34. The van der Waals surface area contributed by atoms with Gasteiger partial charge in [0.25, 0.3) is 0 Å². The van der Waals surface area contributed by atoms with Crippen LogP contribution in [0.15, 0.2) is 12.3 Å². The van der Waals surface area contributed by atoms with Gasteiger partial charge in [0.15, 0.2) is 6.29 Å². The Morgan fingerprint density at radius 2 is 2.27 bits per heavy atom. The summed E-state index contributed by atoms with van der Waals surface area (Å²) in [5.41, 5.74) is 1.24. The smallest absolute Gasteiger partial charge is 0.170 e. The monoisotopic (exact) mass is 206 g/mol. The Bertz CT molecular complexity index is 373. The molecule has 0 unspecified atom stereocenters. The van der Waals surface area contributed by atoms with E-state index < -0.39 is 0 Å². The standard InChI is InChI=1S/C11H14N2O2/c1-13(2)11-5-9(15-8-3-4-8)6-12-10(11)7-14/h5-8H,3-4H2,1-2H3. The van der Waals surface area contributed by atoms with Crippen LogP contribution in [0.5, 0.6) is 5.75 Å². The zero-order valence-corrected chi connectivity index (χ0v) is 8.93. The Morgan fingerprint density at radius 1 is 1.53 bits per heavy atom. The highest BCUT2D eigenvalue weighted by molar-refractivity contribution is 5.82. The maximum absolute atomic E-state index is 10.7. The number of hydrogen-bond donors (Lipinski definition) is 0. The summed E-state index contributed by atoms with van der Waals surface area (Å²) in [5, 5.41) is 0. The summed E-state index contributed by atoms with van der Waals surface area (Å²) in [6, 6.07) is 1.86. The summed E-state index contributed by atoms with van der Waals surface area (Å²) in [7, 11) is 3.76. The topological polar surface area (TPSA) is 42.4 Å². The van der Waals surface area contributed by atoms with Crippen molar-refractivity contribution in [1.29, 1.82) is 0 Å². The molecule has 0 N–H and O–H groups in total. The van der Waals surface area contributed by atoms with E-state index in [0.717, 1.165) is 30.6 Å². The third kappa shape index (κ3) is 2.26. The maximum Gasteiger partial charge on any atom is 0.170 e. The molecule has 0 aliphatic heterocycles. The molecular weight excluding hydrogens is 192 g/mol. The van der Waals surface area contributed by atoms with Gasteiger partial charge in [-0.05, 0) is 12.8 Å². The van der Waals surface area contributed by atoms with Crippen molar-refractivity contribution in [1.82, 2.24) is 4.98 Å². The second-order valence-corrected chi connectivity index (χ2v) is 3.90. The highest BCUT2D eigenvalue weighted by Crippen LogP contribution is 2.28. The number of anilines is 1. The van der Waals surface area contributed by atoms with Crippen LogP contribution in [0.25, 0.3) is 0 Å². The molecule has 1 fully saturated rings. The van der Waals surface area contributed by atoms with Crippen LogP contribution in [-0.4, -0.2) is 31.5 Å². The fraction of sp³-hybridized carbons (Fsp3) is 0.455. The van der Waals surface area contributed by atoms with Crippen LogP contribution in [0.3, 0.4) is 0 Å². The molecule has 2 rings (SSSR count). The lowest BCUT2D eigenvalue weighted by molar-refractivity contribution is 0.111. The average molecular weight is 206 g/mol. The number of carbonyl (C=O) groups is 1. The van der Waals surface area contributed by atoms with E-state index in [2.05, 4.69) is 4.98 Å². The summed E-state index contributed by atoms with van der Waals surface area (Å²) in [6.45, 7) is 0. The van der Waals surface area contributed by atoms with Gasteiger partial charge < -0.3 is 9.64 Å². The van der Waals surface area contributed by atoms with Crippen molar-refractivity contribution >= 4 is 12.0 Å². The number of nitrogens with zero attached hydrogens (tertiary/aromatic N) is 2. The number of rotatable bonds is 4. The molecule has 0 aromatic carbocycles. The normalized spacial score (nSPS) is 14.8. The third-order valence-electron chi connectivity index (χ3n) is 2.29. The van der Waals surface area contributed by atoms with E-state index in [1.807, 2.05) is 25.1 Å². The van der Waals surface area contributed by atoms with Gasteiger partial charge in [-0.2, -0.15) is 0 Å². The lowest BCUT2D eigenvalue weighted by atomic mass is 10.3. The zero-order chi connectivity index (χ0) is 10.8. The fourth-order valence-electron chi connectivity index (χ4n) is 1.34. The highest BCUT2D eigenvalue weighted by Gasteiger charge is 2.24. The largest absolute Gasteiger partial charge is 0.489 e. The predicted molar refractivity (Wildman–Crippen MR) is 57.6 cm³/mol. The first-order chi connectivity index (χ1) is 7.20. The van der Waals surface area contributed by atoms with Gasteiger partial charge in [0, 0.05) is 20.2 Å². The Hall–Kier alpha value is -1.58. The molecule has 4 nitrogen and oxygen atoms in total. The van der Waals surface area contributed by atoms with Gasteiger partial charge in [-0.25, -0.2) is 4.98 Å². The number of carbonyl (C=O) groups excluding carboxylic acids is 1. The van der Waals surface area contributed by atoms with Crippen LogP contribution in [0.1, 0.15) is 23.3 Å². The van der Waals surface area contributed by atoms with Gasteiger partial charge in [0.2, 0.25) is 0 Å². The number of pyridine rings is 1. The highest BCUT2D eigenvalue weighted by atomic mass is 16.5. The van der Waals surface area contributed by atoms with E-state index in [1.54, 1.807) is 6.20 Å². The molecule has 1 aliphatic rings. The third-order valence-corrected chi connectivity index (χ3v) is 2.29. The molecule has 1 aromatic heterocycles. The second-order valence-electron chi connectivity index (χ2n) is 3.90. The number of aldehydes is 1. The van der Waals surface area contributed by atoms with Crippen LogP contribution >= 0.6 is 0 Å². The van der Waals surface area contributed by atoms with E-state index >= 15 is 0 Å². The molecule has 1 saturated carbocycles. The maximum atomic E-state index is 10.7. The first-order valence-electron chi connectivity index (χ1n) is 5.00. The van der Waals surface area contributed by atoms with Gasteiger partial charge >= 0.3 is 0 Å². The lowest BCUT2D eigenvalue weighted by Gasteiger charge is -2.15. The van der Waals surface area contributed by atoms with Gasteiger partial charge in [0.05, 0.1) is 18.0 Å². The summed E-state index contributed by atoms with van der Waals surface area (Å²) >= 11 is 0. The summed E-state index contributed by atoms with van der Waals surface area (Å²) in [5.74, 6) is 0.742. The first kappa shape index (κ1) is 9.96. The SMILES string of the molecule is CN(C)c1cc(OC2CC2)cnc1C=O. The predicted octanol–water partition coefficient (Wildman–Crippen LogP) is 1.50. The molecule has 15 heavy (non-hydrogen) atoms. The van der Waals surface area contributed by atoms with Gasteiger partial charge in [0.1, 0.15) is 11.4 Å². The summed E-state index contributed by atoms with van der Waals surface area (Å²) in [6.07, 6.45) is 4.95. The molecule has 0 radical (unpaired) electrons. The summed E-state index contributed by atoms with van der Waals surface area (Å²) in [4.78, 5) is 16.7. The van der Waals surface area contributed by atoms with Crippen LogP contribution in [0, 0.1) is 0 Å². The van der Waals surface area contributed by atoms with Crippen molar-refractivity contribution in [3.8, 4) is 5.75 Å². The van der Waals surface area contributed by atoms with Crippen molar-refractivity contribution < 1.29 is 9.53 Å². The minimum Gasteiger partial charge on any atom is -0.489 e. The minimum absolute atomic E-state index is 0.351. The summed E-state index contributed by atoms with van der Waals surface area (Å²) < 4.78 is 5.61. The number of ether oxygens (including phenoxy) is 1. The Morgan fingerprint density at radius 3 is 2.80 bits per heavy atom. The van der Waals surface area contributed by atoms with E-state index in [4.69, 9.17) is 4.74 Å². The first-order valence-corrected chi connectivity index (χ1v) is 5.00. The number of aromatic nitrogens is 1. The van der Waals surface area contributed by atoms with E-state index in [0.29, 0.717) is 11.8 Å². The van der Waals surface area contributed by atoms with Gasteiger partial charge in [-0.3, -0.25) is 4.79 Å². The number of hydrogen-bond acceptors (Lipinski definition) is 4. The van der Waals surface area contributed by atoms with Crippen molar-refractivity contribution in [3.05, 3.63) is 18.0 Å². The van der Waals surface area contributed by atoms with Gasteiger partial charge in [-0.1, -0.05) is 0 Å². The van der Waals surface area contributed by atoms with E-state index in [1.165, 1.54) is 0 Å². The molecule has 0 bridgehead atoms. The second kappa shape index (κ2) is 3.88. The zero-order valence-electron chi connectivity index (χ0n) is 8.93. The van der Waals surface area contributed by atoms with Crippen LogP contribution in [-0.2, 0) is 0 Å². The van der Waals surface area contributed by atoms with Crippen molar-refractivity contribution in [2.45, 2.75) is 18.9 Å². The van der Waals surface area contributed by atoms with Crippen LogP contribution in [0.2, 0.25) is 0 Å². The van der Waals surface area contributed by atoms with Crippen molar-refractivity contribution in [2.75, 3.05) is 19.0 Å². The lowest BCUT2D eigenvalue weighted by Crippen LogP contribution is -2.12. The Labute approximate surface area is 88.9 Å². The molecule has 0 saturated heterocycles. The van der Waals surface area contributed by atoms with Crippen molar-refractivity contribution in [3.63, 3.8) is 0 Å². The molecular formula is C11H14N2O2. The molecule has 0 spiro atoms. The van der Waals surface area contributed by atoms with Crippen LogP contribution < -0.4 is 9.64 Å². The van der Waals surface area contributed by atoms with Crippen LogP contribution in [0.4, 0.5) is 5.69 Å². The molecule has 0 atom stereocenters. The van der Waals surface area contributed by atoms with Crippen molar-refractivity contribution in [2.24, 2.45) is 0 Å². The van der Waals surface area contributed by atoms with E-state index in [-0.39, 0.29) is 0 Å². The molecule has 1 aromatic rings.